The predicted molar refractivity (Wildman–Crippen MR) is 86.1 cm³/mol. The summed E-state index contributed by atoms with van der Waals surface area (Å²) in [6, 6.07) is 7.54. The molecule has 0 atom stereocenters. The van der Waals surface area contributed by atoms with Crippen LogP contribution < -0.4 is 5.32 Å². The minimum absolute atomic E-state index is 0.0595. The summed E-state index contributed by atoms with van der Waals surface area (Å²) in [7, 11) is 0. The van der Waals surface area contributed by atoms with Gasteiger partial charge in [0.1, 0.15) is 6.54 Å². The number of benzene rings is 1. The number of carboxylic acid groups (broad SMARTS) is 1. The van der Waals surface area contributed by atoms with Crippen LogP contribution in [0.5, 0.6) is 0 Å². The number of amides is 1. The Hall–Kier alpha value is -2.01. The van der Waals surface area contributed by atoms with Crippen molar-refractivity contribution in [3.05, 3.63) is 35.5 Å². The Bertz CT molecular complexity index is 666. The molecule has 1 aromatic heterocycles. The highest BCUT2D eigenvalue weighted by Gasteiger charge is 2.06. The van der Waals surface area contributed by atoms with Crippen LogP contribution in [-0.2, 0) is 16.1 Å². The fraction of sp³-hybridized carbons (Fsp3) is 0.375. The lowest BCUT2D eigenvalue weighted by molar-refractivity contribution is -0.137. The second kappa shape index (κ2) is 7.84. The van der Waals surface area contributed by atoms with Crippen LogP contribution >= 0.6 is 11.6 Å². The average Bonchev–Trinajstić information content (AvgIpc) is 2.85. The van der Waals surface area contributed by atoms with Crippen molar-refractivity contribution >= 4 is 34.4 Å². The summed E-state index contributed by atoms with van der Waals surface area (Å²) in [5, 5.41) is 13.1. The van der Waals surface area contributed by atoms with Gasteiger partial charge in [-0.15, -0.1) is 0 Å². The Morgan fingerprint density at radius 1 is 1.18 bits per heavy atom. The SMILES string of the molecule is O=C(O)CCCCCNC(=O)Cn1ccc2ccc(Cl)cc21. The van der Waals surface area contributed by atoms with Crippen LogP contribution in [0, 0.1) is 0 Å². The Labute approximate surface area is 133 Å². The van der Waals surface area contributed by atoms with E-state index in [0.29, 0.717) is 18.0 Å². The molecule has 2 N–H and O–H groups in total. The summed E-state index contributed by atoms with van der Waals surface area (Å²) < 4.78 is 1.86. The van der Waals surface area contributed by atoms with Crippen molar-refractivity contribution in [3.63, 3.8) is 0 Å². The summed E-state index contributed by atoms with van der Waals surface area (Å²) in [5.41, 5.74) is 0.934. The maximum atomic E-state index is 11.9. The quantitative estimate of drug-likeness (QED) is 0.734. The number of carbonyl (C=O) groups is 2. The third kappa shape index (κ3) is 4.77. The number of unbranched alkanes of at least 4 members (excludes halogenated alkanes) is 2. The lowest BCUT2D eigenvalue weighted by Crippen LogP contribution is -2.28. The third-order valence-electron chi connectivity index (χ3n) is 3.44. The van der Waals surface area contributed by atoms with Crippen molar-refractivity contribution in [2.45, 2.75) is 32.2 Å². The molecule has 0 radical (unpaired) electrons. The van der Waals surface area contributed by atoms with Gasteiger partial charge in [0.25, 0.3) is 0 Å². The average molecular weight is 323 g/mol. The highest BCUT2D eigenvalue weighted by atomic mass is 35.5. The molecule has 0 bridgehead atoms. The molecule has 2 rings (SSSR count). The van der Waals surface area contributed by atoms with E-state index in [4.69, 9.17) is 16.7 Å². The summed E-state index contributed by atoms with van der Waals surface area (Å²) in [6.07, 6.45) is 4.29. The van der Waals surface area contributed by atoms with E-state index in [0.717, 1.165) is 23.7 Å². The maximum Gasteiger partial charge on any atom is 0.303 e. The molecular weight excluding hydrogens is 304 g/mol. The monoisotopic (exact) mass is 322 g/mol. The van der Waals surface area contributed by atoms with Crippen LogP contribution in [0.4, 0.5) is 0 Å². The molecule has 0 aliphatic heterocycles. The van der Waals surface area contributed by atoms with Gasteiger partial charge in [0.15, 0.2) is 0 Å². The van der Waals surface area contributed by atoms with Gasteiger partial charge in [0.05, 0.1) is 0 Å². The number of rotatable bonds is 8. The first kappa shape index (κ1) is 16.4. The number of aliphatic carboxylic acids is 1. The standard InChI is InChI=1S/C16H19ClN2O3/c17-13-6-5-12-7-9-19(14(12)10-13)11-15(20)18-8-3-1-2-4-16(21)22/h5-7,9-10H,1-4,8,11H2,(H,18,20)(H,21,22). The zero-order valence-corrected chi connectivity index (χ0v) is 13.0. The largest absolute Gasteiger partial charge is 0.481 e. The van der Waals surface area contributed by atoms with Crippen LogP contribution in [0.2, 0.25) is 5.02 Å². The third-order valence-corrected chi connectivity index (χ3v) is 3.67. The van der Waals surface area contributed by atoms with Gasteiger partial charge in [0, 0.05) is 29.7 Å². The normalized spacial score (nSPS) is 10.8. The Kier molecular flexibility index (Phi) is 5.83. The molecule has 6 heteroatoms. The molecule has 1 aromatic carbocycles. The van der Waals surface area contributed by atoms with Crippen LogP contribution in [0.1, 0.15) is 25.7 Å². The minimum Gasteiger partial charge on any atom is -0.481 e. The molecule has 0 aliphatic rings. The fourth-order valence-electron chi connectivity index (χ4n) is 2.31. The highest BCUT2D eigenvalue weighted by molar-refractivity contribution is 6.31. The number of fused-ring (bicyclic) bond motifs is 1. The molecular formula is C16H19ClN2O3. The van der Waals surface area contributed by atoms with E-state index in [1.807, 2.05) is 35.0 Å². The molecule has 0 saturated carbocycles. The van der Waals surface area contributed by atoms with Gasteiger partial charge in [-0.25, -0.2) is 0 Å². The number of nitrogens with zero attached hydrogens (tertiary/aromatic N) is 1. The highest BCUT2D eigenvalue weighted by Crippen LogP contribution is 2.20. The lowest BCUT2D eigenvalue weighted by atomic mass is 10.2. The summed E-state index contributed by atoms with van der Waals surface area (Å²) in [5.74, 6) is -0.835. The summed E-state index contributed by atoms with van der Waals surface area (Å²) >= 11 is 5.98. The number of hydrogen-bond acceptors (Lipinski definition) is 2. The number of aromatic nitrogens is 1. The summed E-state index contributed by atoms with van der Waals surface area (Å²) in [6.45, 7) is 0.817. The van der Waals surface area contributed by atoms with Crippen molar-refractivity contribution < 1.29 is 14.7 Å². The first-order chi connectivity index (χ1) is 10.6. The van der Waals surface area contributed by atoms with Crippen molar-refractivity contribution in [1.82, 2.24) is 9.88 Å². The van der Waals surface area contributed by atoms with Gasteiger partial charge in [-0.2, -0.15) is 0 Å². The number of hydrogen-bond donors (Lipinski definition) is 2. The van der Waals surface area contributed by atoms with Crippen molar-refractivity contribution in [2.75, 3.05) is 6.54 Å². The Balaban J connectivity index is 1.77. The molecule has 0 aliphatic carbocycles. The first-order valence-electron chi connectivity index (χ1n) is 7.29. The van der Waals surface area contributed by atoms with Gasteiger partial charge in [-0.05, 0) is 36.4 Å². The van der Waals surface area contributed by atoms with E-state index in [-0.39, 0.29) is 18.9 Å². The Morgan fingerprint density at radius 3 is 2.77 bits per heavy atom. The van der Waals surface area contributed by atoms with E-state index in [9.17, 15) is 9.59 Å². The molecule has 2 aromatic rings. The molecule has 118 valence electrons. The molecule has 1 amide bonds. The van der Waals surface area contributed by atoms with Crippen LogP contribution in [0.3, 0.4) is 0 Å². The van der Waals surface area contributed by atoms with E-state index in [1.54, 1.807) is 0 Å². The van der Waals surface area contributed by atoms with Gasteiger partial charge in [-0.3, -0.25) is 9.59 Å². The van der Waals surface area contributed by atoms with Gasteiger partial charge >= 0.3 is 5.97 Å². The molecule has 0 spiro atoms. The zero-order valence-electron chi connectivity index (χ0n) is 12.2. The van der Waals surface area contributed by atoms with Crippen molar-refractivity contribution in [3.8, 4) is 0 Å². The van der Waals surface area contributed by atoms with Gasteiger partial charge in [0.2, 0.25) is 5.91 Å². The fourth-order valence-corrected chi connectivity index (χ4v) is 2.48. The smallest absolute Gasteiger partial charge is 0.303 e. The predicted octanol–water partition coefficient (Wildman–Crippen LogP) is 3.06. The second-order valence-corrected chi connectivity index (χ2v) is 5.64. The lowest BCUT2D eigenvalue weighted by Gasteiger charge is -2.07. The number of carbonyl (C=O) groups excluding carboxylic acids is 1. The van der Waals surface area contributed by atoms with Crippen molar-refractivity contribution in [2.24, 2.45) is 0 Å². The van der Waals surface area contributed by atoms with Crippen molar-refractivity contribution in [1.29, 1.82) is 0 Å². The minimum atomic E-state index is -0.776. The summed E-state index contributed by atoms with van der Waals surface area (Å²) in [4.78, 5) is 22.3. The van der Waals surface area contributed by atoms with E-state index < -0.39 is 5.97 Å². The van der Waals surface area contributed by atoms with Crippen LogP contribution in [0.15, 0.2) is 30.5 Å². The zero-order chi connectivity index (χ0) is 15.9. The van der Waals surface area contributed by atoms with E-state index in [2.05, 4.69) is 5.32 Å². The maximum absolute atomic E-state index is 11.9. The second-order valence-electron chi connectivity index (χ2n) is 5.20. The molecule has 5 nitrogen and oxygen atoms in total. The molecule has 22 heavy (non-hydrogen) atoms. The molecule has 1 heterocycles. The van der Waals surface area contributed by atoms with Gasteiger partial charge < -0.3 is 15.0 Å². The first-order valence-corrected chi connectivity index (χ1v) is 7.67. The topological polar surface area (TPSA) is 71.3 Å². The molecule has 0 saturated heterocycles. The number of halogens is 1. The van der Waals surface area contributed by atoms with E-state index in [1.165, 1.54) is 0 Å². The van der Waals surface area contributed by atoms with Crippen LogP contribution in [-0.4, -0.2) is 28.1 Å². The van der Waals surface area contributed by atoms with Crippen LogP contribution in [0.25, 0.3) is 10.9 Å². The Morgan fingerprint density at radius 2 is 2.00 bits per heavy atom. The van der Waals surface area contributed by atoms with E-state index >= 15 is 0 Å². The number of carboxylic acids is 1. The molecule has 0 unspecified atom stereocenters. The molecule has 0 fully saturated rings. The number of nitrogens with one attached hydrogen (secondary N) is 1. The van der Waals surface area contributed by atoms with Gasteiger partial charge in [-0.1, -0.05) is 24.1 Å².